The Kier molecular flexibility index (Phi) is 3.56. The topological polar surface area (TPSA) is 34.1 Å². The summed E-state index contributed by atoms with van der Waals surface area (Å²) in [6.45, 7) is 1.76. The molecule has 0 heterocycles. The highest BCUT2D eigenvalue weighted by Gasteiger charge is 2.08. The molecule has 0 atom stereocenters. The fraction of sp³-hybridized carbons (Fsp3) is 0.200. The lowest BCUT2D eigenvalue weighted by molar-refractivity contribution is 0.609. The van der Waals surface area contributed by atoms with Gasteiger partial charge in [-0.15, -0.1) is 5.92 Å². The van der Waals surface area contributed by atoms with E-state index in [0.717, 1.165) is 5.56 Å². The molecule has 0 amide bonds. The first-order chi connectivity index (χ1) is 6.54. The van der Waals surface area contributed by atoms with Crippen LogP contribution in [-0.2, 0) is 15.5 Å². The molecule has 1 aromatic rings. The Bertz CT molecular complexity index is 463. The number of halogens is 1. The molecular formula is C10H9ClO2S. The van der Waals surface area contributed by atoms with Gasteiger partial charge in [-0.05, 0) is 24.6 Å². The van der Waals surface area contributed by atoms with Crippen molar-refractivity contribution < 1.29 is 8.42 Å². The lowest BCUT2D eigenvalue weighted by Gasteiger charge is -1.97. The zero-order valence-corrected chi connectivity index (χ0v) is 9.19. The second kappa shape index (κ2) is 4.50. The summed E-state index contributed by atoms with van der Waals surface area (Å²) in [5.74, 6) is 5.66. The van der Waals surface area contributed by atoms with Crippen LogP contribution in [0.3, 0.4) is 0 Å². The van der Waals surface area contributed by atoms with Crippen LogP contribution in [0.2, 0.25) is 0 Å². The van der Waals surface area contributed by atoms with Crippen LogP contribution in [0.15, 0.2) is 29.2 Å². The number of benzene rings is 1. The van der Waals surface area contributed by atoms with Crippen molar-refractivity contribution in [3.05, 3.63) is 29.8 Å². The van der Waals surface area contributed by atoms with E-state index < -0.39 is 9.05 Å². The number of rotatable bonds is 2. The molecule has 4 heteroatoms. The number of hydrogen-bond acceptors (Lipinski definition) is 2. The first-order valence-corrected chi connectivity index (χ1v) is 6.28. The van der Waals surface area contributed by atoms with E-state index in [4.69, 9.17) is 10.7 Å². The van der Waals surface area contributed by atoms with Gasteiger partial charge >= 0.3 is 0 Å². The molecule has 0 N–H and O–H groups in total. The third-order valence-corrected chi connectivity index (χ3v) is 3.04. The second-order valence-electron chi connectivity index (χ2n) is 2.69. The summed E-state index contributed by atoms with van der Waals surface area (Å²) in [5, 5.41) is 0. The molecule has 0 unspecified atom stereocenters. The van der Waals surface area contributed by atoms with Gasteiger partial charge in [0.05, 0.1) is 4.90 Å². The largest absolute Gasteiger partial charge is 0.261 e. The van der Waals surface area contributed by atoms with Crippen LogP contribution < -0.4 is 0 Å². The molecule has 1 rings (SSSR count). The highest BCUT2D eigenvalue weighted by Crippen LogP contribution is 2.15. The lowest BCUT2D eigenvalue weighted by atomic mass is 10.2. The maximum absolute atomic E-state index is 10.9. The predicted octanol–water partition coefficient (Wildman–Crippen LogP) is 2.18. The third-order valence-electron chi connectivity index (χ3n) is 1.67. The fourth-order valence-electron chi connectivity index (χ4n) is 0.960. The summed E-state index contributed by atoms with van der Waals surface area (Å²) in [6, 6.07) is 6.38. The molecule has 0 aliphatic heterocycles. The lowest BCUT2D eigenvalue weighted by Crippen LogP contribution is -1.90. The van der Waals surface area contributed by atoms with Crippen LogP contribution in [0.1, 0.15) is 12.5 Å². The van der Waals surface area contributed by atoms with Crippen molar-refractivity contribution in [3.8, 4) is 11.8 Å². The minimum atomic E-state index is -3.60. The monoisotopic (exact) mass is 228 g/mol. The molecule has 0 fully saturated rings. The molecule has 1 aromatic carbocycles. The van der Waals surface area contributed by atoms with Crippen LogP contribution in [0.5, 0.6) is 0 Å². The SMILES string of the molecule is CC#CCc1ccc(S(=O)(=O)Cl)cc1. The van der Waals surface area contributed by atoms with Gasteiger partial charge < -0.3 is 0 Å². The summed E-state index contributed by atoms with van der Waals surface area (Å²) in [4.78, 5) is 0.118. The Morgan fingerprint density at radius 1 is 1.29 bits per heavy atom. The van der Waals surface area contributed by atoms with Crippen molar-refractivity contribution in [3.63, 3.8) is 0 Å². The van der Waals surface area contributed by atoms with E-state index in [-0.39, 0.29) is 4.90 Å². The quantitative estimate of drug-likeness (QED) is 0.574. The predicted molar refractivity (Wildman–Crippen MR) is 56.6 cm³/mol. The molecule has 0 saturated heterocycles. The standard InChI is InChI=1S/C10H9ClO2S/c1-2-3-4-9-5-7-10(8-6-9)14(11,12)13/h5-8H,4H2,1H3. The van der Waals surface area contributed by atoms with Crippen molar-refractivity contribution in [2.45, 2.75) is 18.2 Å². The minimum Gasteiger partial charge on any atom is -0.207 e. The summed E-state index contributed by atoms with van der Waals surface area (Å²) < 4.78 is 21.8. The Labute approximate surface area is 88.3 Å². The average molecular weight is 229 g/mol. The van der Waals surface area contributed by atoms with Gasteiger partial charge in [-0.3, -0.25) is 0 Å². The number of hydrogen-bond donors (Lipinski definition) is 0. The molecule has 14 heavy (non-hydrogen) atoms. The van der Waals surface area contributed by atoms with Gasteiger partial charge in [-0.2, -0.15) is 0 Å². The molecule has 0 aromatic heterocycles. The van der Waals surface area contributed by atoms with Gasteiger partial charge in [0.1, 0.15) is 0 Å². The Balaban J connectivity index is 2.93. The summed E-state index contributed by atoms with van der Waals surface area (Å²) in [5.41, 5.74) is 0.975. The first-order valence-electron chi connectivity index (χ1n) is 3.97. The molecule has 0 aliphatic carbocycles. The van der Waals surface area contributed by atoms with Gasteiger partial charge in [0, 0.05) is 17.1 Å². The molecule has 2 nitrogen and oxygen atoms in total. The van der Waals surface area contributed by atoms with E-state index in [0.29, 0.717) is 6.42 Å². The van der Waals surface area contributed by atoms with E-state index in [2.05, 4.69) is 11.8 Å². The molecule has 74 valence electrons. The van der Waals surface area contributed by atoms with Gasteiger partial charge in [-0.25, -0.2) is 8.42 Å². The summed E-state index contributed by atoms with van der Waals surface area (Å²) in [6.07, 6.45) is 0.624. The van der Waals surface area contributed by atoms with Gasteiger partial charge in [-0.1, -0.05) is 18.1 Å². The Morgan fingerprint density at radius 2 is 1.86 bits per heavy atom. The zero-order valence-electron chi connectivity index (χ0n) is 7.62. The molecular weight excluding hydrogens is 220 g/mol. The van der Waals surface area contributed by atoms with Crippen molar-refractivity contribution in [1.82, 2.24) is 0 Å². The highest BCUT2D eigenvalue weighted by molar-refractivity contribution is 8.13. The van der Waals surface area contributed by atoms with E-state index in [1.807, 2.05) is 0 Å². The minimum absolute atomic E-state index is 0.118. The summed E-state index contributed by atoms with van der Waals surface area (Å²) in [7, 11) is 1.56. The third kappa shape index (κ3) is 3.06. The second-order valence-corrected chi connectivity index (χ2v) is 5.25. The molecule has 0 radical (unpaired) electrons. The van der Waals surface area contributed by atoms with Crippen molar-refractivity contribution in [1.29, 1.82) is 0 Å². The highest BCUT2D eigenvalue weighted by atomic mass is 35.7. The van der Waals surface area contributed by atoms with E-state index in [1.165, 1.54) is 12.1 Å². The maximum Gasteiger partial charge on any atom is 0.261 e. The van der Waals surface area contributed by atoms with Crippen molar-refractivity contribution in [2.24, 2.45) is 0 Å². The Morgan fingerprint density at radius 3 is 2.29 bits per heavy atom. The van der Waals surface area contributed by atoms with E-state index in [1.54, 1.807) is 19.1 Å². The normalized spacial score (nSPS) is 10.4. The maximum atomic E-state index is 10.9. The van der Waals surface area contributed by atoms with E-state index in [9.17, 15) is 8.42 Å². The van der Waals surface area contributed by atoms with Gasteiger partial charge in [0.25, 0.3) is 9.05 Å². The molecule has 0 spiro atoms. The Hall–Kier alpha value is -0.980. The molecule has 0 bridgehead atoms. The zero-order chi connectivity index (χ0) is 10.6. The van der Waals surface area contributed by atoms with Crippen LogP contribution in [0.4, 0.5) is 0 Å². The fourth-order valence-corrected chi connectivity index (χ4v) is 1.73. The van der Waals surface area contributed by atoms with Gasteiger partial charge in [0.2, 0.25) is 0 Å². The first kappa shape index (κ1) is 11.1. The van der Waals surface area contributed by atoms with E-state index >= 15 is 0 Å². The molecule has 0 saturated carbocycles. The van der Waals surface area contributed by atoms with Crippen LogP contribution in [0.25, 0.3) is 0 Å². The van der Waals surface area contributed by atoms with Crippen LogP contribution >= 0.6 is 10.7 Å². The van der Waals surface area contributed by atoms with Crippen LogP contribution in [-0.4, -0.2) is 8.42 Å². The van der Waals surface area contributed by atoms with Gasteiger partial charge in [0.15, 0.2) is 0 Å². The molecule has 0 aliphatic rings. The van der Waals surface area contributed by atoms with Crippen molar-refractivity contribution >= 4 is 19.7 Å². The smallest absolute Gasteiger partial charge is 0.207 e. The van der Waals surface area contributed by atoms with Crippen molar-refractivity contribution in [2.75, 3.05) is 0 Å². The van der Waals surface area contributed by atoms with Crippen LogP contribution in [0, 0.1) is 11.8 Å². The summed E-state index contributed by atoms with van der Waals surface area (Å²) >= 11 is 0. The average Bonchev–Trinajstić information content (AvgIpc) is 2.14.